The number of phenols is 1. The summed E-state index contributed by atoms with van der Waals surface area (Å²) in [5.41, 5.74) is 1.48. The molecule has 19 heavy (non-hydrogen) atoms. The van der Waals surface area contributed by atoms with E-state index in [2.05, 4.69) is 4.98 Å². The highest BCUT2D eigenvalue weighted by Crippen LogP contribution is 2.40. The molecule has 1 aliphatic rings. The first-order valence-corrected chi connectivity index (χ1v) is 6.97. The van der Waals surface area contributed by atoms with Gasteiger partial charge < -0.3 is 10.2 Å². The molecule has 4 nitrogen and oxygen atoms in total. The fourth-order valence-electron chi connectivity index (χ4n) is 2.23. The fourth-order valence-corrected chi connectivity index (χ4v) is 3.55. The van der Waals surface area contributed by atoms with E-state index in [4.69, 9.17) is 16.7 Å². The standard InChI is InChI=1S/C13H10ClNO3S/c14-8-5-6(1-3-9(8)16)12-15-11-7(13(17)18)2-4-10(11)19-12/h1,3,5,7,16H,2,4H2,(H,17,18). The second kappa shape index (κ2) is 4.51. The molecule has 0 saturated carbocycles. The molecule has 1 unspecified atom stereocenters. The molecule has 2 N–H and O–H groups in total. The first-order valence-electron chi connectivity index (χ1n) is 5.77. The molecule has 6 heteroatoms. The molecule has 0 spiro atoms. The number of aliphatic carboxylic acids is 1. The number of rotatable bonds is 2. The average molecular weight is 296 g/mol. The van der Waals surface area contributed by atoms with Gasteiger partial charge in [0.15, 0.2) is 0 Å². The van der Waals surface area contributed by atoms with Gasteiger partial charge in [-0.2, -0.15) is 0 Å². The van der Waals surface area contributed by atoms with Crippen molar-refractivity contribution in [1.29, 1.82) is 0 Å². The number of carboxylic acids is 1. The Morgan fingerprint density at radius 2 is 2.26 bits per heavy atom. The number of aromatic nitrogens is 1. The molecule has 0 bridgehead atoms. The predicted molar refractivity (Wildman–Crippen MR) is 72.9 cm³/mol. The van der Waals surface area contributed by atoms with E-state index < -0.39 is 11.9 Å². The number of fused-ring (bicyclic) bond motifs is 1. The SMILES string of the molecule is O=C(O)C1CCc2sc(-c3ccc(O)c(Cl)c3)nc21. The number of hydrogen-bond donors (Lipinski definition) is 2. The van der Waals surface area contributed by atoms with Crippen LogP contribution >= 0.6 is 22.9 Å². The van der Waals surface area contributed by atoms with E-state index in [1.54, 1.807) is 12.1 Å². The largest absolute Gasteiger partial charge is 0.506 e. The van der Waals surface area contributed by atoms with E-state index >= 15 is 0 Å². The van der Waals surface area contributed by atoms with E-state index in [1.807, 2.05) is 0 Å². The minimum Gasteiger partial charge on any atom is -0.506 e. The average Bonchev–Trinajstić information content (AvgIpc) is 2.91. The number of aryl methyl sites for hydroxylation is 1. The smallest absolute Gasteiger partial charge is 0.312 e. The van der Waals surface area contributed by atoms with E-state index in [0.29, 0.717) is 12.1 Å². The summed E-state index contributed by atoms with van der Waals surface area (Å²) in [6.45, 7) is 0. The highest BCUT2D eigenvalue weighted by Gasteiger charge is 2.32. The second-order valence-corrected chi connectivity index (χ2v) is 5.91. The van der Waals surface area contributed by atoms with Crippen molar-refractivity contribution in [2.45, 2.75) is 18.8 Å². The summed E-state index contributed by atoms with van der Waals surface area (Å²) in [6.07, 6.45) is 1.38. The van der Waals surface area contributed by atoms with Crippen molar-refractivity contribution in [2.24, 2.45) is 0 Å². The number of carbonyl (C=O) groups is 1. The van der Waals surface area contributed by atoms with Crippen LogP contribution in [0.3, 0.4) is 0 Å². The van der Waals surface area contributed by atoms with Gasteiger partial charge in [0.05, 0.1) is 10.7 Å². The number of benzene rings is 1. The highest BCUT2D eigenvalue weighted by atomic mass is 35.5. The molecule has 3 rings (SSSR count). The van der Waals surface area contributed by atoms with Crippen LogP contribution in [0.15, 0.2) is 18.2 Å². The van der Waals surface area contributed by atoms with Crippen LogP contribution in [0.1, 0.15) is 22.9 Å². The summed E-state index contributed by atoms with van der Waals surface area (Å²) in [7, 11) is 0. The van der Waals surface area contributed by atoms with Crippen molar-refractivity contribution in [1.82, 2.24) is 4.98 Å². The molecule has 1 aliphatic carbocycles. The van der Waals surface area contributed by atoms with E-state index in [1.165, 1.54) is 17.4 Å². The van der Waals surface area contributed by atoms with E-state index in [0.717, 1.165) is 21.9 Å². The Balaban J connectivity index is 2.02. The van der Waals surface area contributed by atoms with Gasteiger partial charge in [0.2, 0.25) is 0 Å². The second-order valence-electron chi connectivity index (χ2n) is 4.42. The molecule has 2 aromatic rings. The van der Waals surface area contributed by atoms with Gasteiger partial charge >= 0.3 is 5.97 Å². The Hall–Kier alpha value is -1.59. The zero-order valence-electron chi connectivity index (χ0n) is 9.76. The Labute approximate surface area is 118 Å². The Morgan fingerprint density at radius 1 is 1.47 bits per heavy atom. The lowest BCUT2D eigenvalue weighted by molar-refractivity contribution is -0.138. The maximum Gasteiger partial charge on any atom is 0.312 e. The Bertz CT molecular complexity index is 668. The van der Waals surface area contributed by atoms with Gasteiger partial charge in [-0.1, -0.05) is 11.6 Å². The third-order valence-electron chi connectivity index (χ3n) is 3.21. The molecule has 1 heterocycles. The van der Waals surface area contributed by atoms with Crippen molar-refractivity contribution in [2.75, 3.05) is 0 Å². The van der Waals surface area contributed by atoms with Crippen LogP contribution in [-0.4, -0.2) is 21.2 Å². The van der Waals surface area contributed by atoms with Crippen molar-refractivity contribution in [3.63, 3.8) is 0 Å². The molecule has 98 valence electrons. The van der Waals surface area contributed by atoms with Gasteiger partial charge in [0.1, 0.15) is 16.7 Å². The normalized spacial score (nSPS) is 17.4. The number of nitrogens with zero attached hydrogens (tertiary/aromatic N) is 1. The Morgan fingerprint density at radius 3 is 2.95 bits per heavy atom. The third-order valence-corrected chi connectivity index (χ3v) is 4.69. The van der Waals surface area contributed by atoms with Crippen molar-refractivity contribution < 1.29 is 15.0 Å². The van der Waals surface area contributed by atoms with Crippen molar-refractivity contribution in [3.8, 4) is 16.3 Å². The van der Waals surface area contributed by atoms with Crippen LogP contribution in [0.4, 0.5) is 0 Å². The van der Waals surface area contributed by atoms with Gasteiger partial charge in [0.25, 0.3) is 0 Å². The molecule has 0 aliphatic heterocycles. The predicted octanol–water partition coefficient (Wildman–Crippen LogP) is 3.28. The molecule has 0 amide bonds. The quantitative estimate of drug-likeness (QED) is 0.892. The van der Waals surface area contributed by atoms with Gasteiger partial charge in [-0.05, 0) is 31.0 Å². The molecule has 0 radical (unpaired) electrons. The number of thiazole rings is 1. The molecule has 0 saturated heterocycles. The molecule has 1 aromatic carbocycles. The van der Waals surface area contributed by atoms with E-state index in [-0.39, 0.29) is 10.8 Å². The molecule has 0 fully saturated rings. The number of phenolic OH excluding ortho intramolecular Hbond substituents is 1. The summed E-state index contributed by atoms with van der Waals surface area (Å²) < 4.78 is 0. The van der Waals surface area contributed by atoms with Crippen molar-refractivity contribution >= 4 is 28.9 Å². The molecular formula is C13H10ClNO3S. The van der Waals surface area contributed by atoms with Crippen molar-refractivity contribution in [3.05, 3.63) is 33.8 Å². The minimum atomic E-state index is -0.820. The summed E-state index contributed by atoms with van der Waals surface area (Å²) >= 11 is 7.37. The molecule has 1 atom stereocenters. The first kappa shape index (κ1) is 12.4. The molecule has 1 aromatic heterocycles. The summed E-state index contributed by atoms with van der Waals surface area (Å²) in [5, 5.41) is 19.5. The maximum atomic E-state index is 11.1. The zero-order valence-corrected chi connectivity index (χ0v) is 11.3. The summed E-state index contributed by atoms with van der Waals surface area (Å²) in [4.78, 5) is 16.6. The topological polar surface area (TPSA) is 70.4 Å². The monoisotopic (exact) mass is 295 g/mol. The highest BCUT2D eigenvalue weighted by molar-refractivity contribution is 7.15. The van der Waals surface area contributed by atoms with E-state index in [9.17, 15) is 9.90 Å². The third kappa shape index (κ3) is 2.09. The summed E-state index contributed by atoms with van der Waals surface area (Å²) in [5.74, 6) is -1.29. The van der Waals surface area contributed by atoms with Gasteiger partial charge in [-0.3, -0.25) is 4.79 Å². The summed E-state index contributed by atoms with van der Waals surface area (Å²) in [6, 6.07) is 4.88. The van der Waals surface area contributed by atoms with Crippen LogP contribution in [0.5, 0.6) is 5.75 Å². The minimum absolute atomic E-state index is 0.0259. The van der Waals surface area contributed by atoms with Crippen LogP contribution in [-0.2, 0) is 11.2 Å². The number of halogens is 1. The van der Waals surface area contributed by atoms with Crippen LogP contribution in [0.2, 0.25) is 5.02 Å². The number of carboxylic acid groups (broad SMARTS) is 1. The van der Waals surface area contributed by atoms with Crippen LogP contribution < -0.4 is 0 Å². The Kier molecular flexibility index (Phi) is 2.95. The lowest BCUT2D eigenvalue weighted by Gasteiger charge is -2.02. The fraction of sp³-hybridized carbons (Fsp3) is 0.231. The lowest BCUT2D eigenvalue weighted by atomic mass is 10.1. The first-order chi connectivity index (χ1) is 9.06. The lowest BCUT2D eigenvalue weighted by Crippen LogP contribution is -2.08. The van der Waals surface area contributed by atoms with Gasteiger partial charge in [0, 0.05) is 10.4 Å². The van der Waals surface area contributed by atoms with Gasteiger partial charge in [-0.25, -0.2) is 4.98 Å². The van der Waals surface area contributed by atoms with Gasteiger partial charge in [-0.15, -0.1) is 11.3 Å². The van der Waals surface area contributed by atoms with Crippen LogP contribution in [0, 0.1) is 0 Å². The molecular weight excluding hydrogens is 286 g/mol. The number of aromatic hydroxyl groups is 1. The zero-order chi connectivity index (χ0) is 13.6. The number of hydrogen-bond acceptors (Lipinski definition) is 4. The maximum absolute atomic E-state index is 11.1. The van der Waals surface area contributed by atoms with Crippen LogP contribution in [0.25, 0.3) is 10.6 Å².